The second-order valence-electron chi connectivity index (χ2n) is 6.52. The molecule has 0 aliphatic carbocycles. The molecule has 2 heterocycles. The molecule has 2 aromatic heterocycles. The van der Waals surface area contributed by atoms with E-state index in [0.29, 0.717) is 21.7 Å². The summed E-state index contributed by atoms with van der Waals surface area (Å²) in [4.78, 5) is 9.07. The fraction of sp³-hybridized carbons (Fsp3) is 0.143. The van der Waals surface area contributed by atoms with Crippen molar-refractivity contribution >= 4 is 45.8 Å². The van der Waals surface area contributed by atoms with Gasteiger partial charge in [0.15, 0.2) is 0 Å². The number of hydrogen-bond donors (Lipinski definition) is 0. The van der Waals surface area contributed by atoms with Crippen LogP contribution in [0.15, 0.2) is 48.7 Å². The molecule has 4 aromatic rings. The Kier molecular flexibility index (Phi) is 4.85. The average Bonchev–Trinajstić information content (AvgIpc) is 2.95. The number of imidazole rings is 1. The third-order valence-electron chi connectivity index (χ3n) is 4.71. The van der Waals surface area contributed by atoms with Gasteiger partial charge in [0.1, 0.15) is 11.0 Å². The van der Waals surface area contributed by atoms with Crippen molar-refractivity contribution in [1.82, 2.24) is 14.5 Å². The zero-order valence-corrected chi connectivity index (χ0v) is 17.1. The van der Waals surface area contributed by atoms with Gasteiger partial charge in [0.25, 0.3) is 0 Å². The minimum atomic E-state index is 0.421. The van der Waals surface area contributed by atoms with Gasteiger partial charge in [0, 0.05) is 16.2 Å². The Labute approximate surface area is 172 Å². The summed E-state index contributed by atoms with van der Waals surface area (Å²) in [5.74, 6) is 0.763. The summed E-state index contributed by atoms with van der Waals surface area (Å²) >= 11 is 18.8. The first kappa shape index (κ1) is 18.3. The van der Waals surface area contributed by atoms with Crippen molar-refractivity contribution in [3.05, 3.63) is 80.6 Å². The highest BCUT2D eigenvalue weighted by Gasteiger charge is 2.17. The number of pyridine rings is 1. The van der Waals surface area contributed by atoms with E-state index >= 15 is 0 Å². The SMILES string of the molecule is Cc1cc2nc(-c3cccnc3Cl)n(Cc3ccc(Cl)cc3Cl)c2cc1C. The lowest BCUT2D eigenvalue weighted by molar-refractivity contribution is 0.833. The van der Waals surface area contributed by atoms with Crippen LogP contribution in [0.5, 0.6) is 0 Å². The fourth-order valence-electron chi connectivity index (χ4n) is 3.12. The van der Waals surface area contributed by atoms with Gasteiger partial charge in [-0.2, -0.15) is 0 Å². The van der Waals surface area contributed by atoms with E-state index in [2.05, 4.69) is 35.5 Å². The maximum Gasteiger partial charge on any atom is 0.144 e. The van der Waals surface area contributed by atoms with Crippen LogP contribution in [-0.4, -0.2) is 14.5 Å². The van der Waals surface area contributed by atoms with Crippen molar-refractivity contribution in [2.75, 3.05) is 0 Å². The molecule has 3 nitrogen and oxygen atoms in total. The molecule has 6 heteroatoms. The Bertz CT molecular complexity index is 1170. The number of hydrogen-bond acceptors (Lipinski definition) is 2. The highest BCUT2D eigenvalue weighted by molar-refractivity contribution is 6.35. The number of benzene rings is 2. The molecule has 0 atom stereocenters. The minimum Gasteiger partial charge on any atom is -0.319 e. The summed E-state index contributed by atoms with van der Waals surface area (Å²) in [5, 5.41) is 1.65. The van der Waals surface area contributed by atoms with E-state index in [9.17, 15) is 0 Å². The van der Waals surface area contributed by atoms with Crippen LogP contribution in [0.1, 0.15) is 16.7 Å². The Morgan fingerprint density at radius 3 is 2.48 bits per heavy atom. The van der Waals surface area contributed by atoms with Gasteiger partial charge in [-0.15, -0.1) is 0 Å². The molecule has 0 spiro atoms. The summed E-state index contributed by atoms with van der Waals surface area (Å²) in [6.07, 6.45) is 1.67. The van der Waals surface area contributed by atoms with Gasteiger partial charge < -0.3 is 4.57 Å². The van der Waals surface area contributed by atoms with Crippen LogP contribution in [0.25, 0.3) is 22.4 Å². The standard InChI is InChI=1S/C21H16Cl3N3/c1-12-8-18-19(9-13(12)2)27(11-14-5-6-15(22)10-17(14)23)21(26-18)16-4-3-7-25-20(16)24/h3-10H,11H2,1-2H3. The summed E-state index contributed by atoms with van der Waals surface area (Å²) in [7, 11) is 0. The van der Waals surface area contributed by atoms with Gasteiger partial charge >= 0.3 is 0 Å². The normalized spacial score (nSPS) is 11.3. The molecule has 2 aromatic carbocycles. The molecule has 136 valence electrons. The molecule has 4 rings (SSSR count). The number of fused-ring (bicyclic) bond motifs is 1. The lowest BCUT2D eigenvalue weighted by atomic mass is 10.1. The predicted octanol–water partition coefficient (Wildman–Crippen LogP) is 6.72. The van der Waals surface area contributed by atoms with E-state index in [0.717, 1.165) is 28.0 Å². The van der Waals surface area contributed by atoms with Gasteiger partial charge in [-0.3, -0.25) is 0 Å². The van der Waals surface area contributed by atoms with Crippen LogP contribution < -0.4 is 0 Å². The van der Waals surface area contributed by atoms with E-state index in [1.807, 2.05) is 24.3 Å². The van der Waals surface area contributed by atoms with Gasteiger partial charge in [-0.25, -0.2) is 9.97 Å². The molecule has 0 saturated carbocycles. The number of aryl methyl sites for hydroxylation is 2. The maximum atomic E-state index is 6.43. The van der Waals surface area contributed by atoms with Gasteiger partial charge in [0.05, 0.1) is 23.1 Å². The van der Waals surface area contributed by atoms with E-state index in [-0.39, 0.29) is 0 Å². The van der Waals surface area contributed by atoms with Gasteiger partial charge in [-0.05, 0) is 66.9 Å². The Balaban J connectivity index is 1.97. The van der Waals surface area contributed by atoms with E-state index < -0.39 is 0 Å². The van der Waals surface area contributed by atoms with Crippen molar-refractivity contribution in [1.29, 1.82) is 0 Å². The second kappa shape index (κ2) is 7.16. The van der Waals surface area contributed by atoms with Crippen LogP contribution in [0.4, 0.5) is 0 Å². The van der Waals surface area contributed by atoms with Crippen molar-refractivity contribution in [2.45, 2.75) is 20.4 Å². The molecular formula is C21H16Cl3N3. The highest BCUT2D eigenvalue weighted by Crippen LogP contribution is 2.32. The van der Waals surface area contributed by atoms with E-state index in [1.165, 1.54) is 11.1 Å². The van der Waals surface area contributed by atoms with Crippen LogP contribution in [0.2, 0.25) is 15.2 Å². The molecule has 0 unspecified atom stereocenters. The fourth-order valence-corrected chi connectivity index (χ4v) is 3.79. The van der Waals surface area contributed by atoms with Crippen LogP contribution >= 0.6 is 34.8 Å². The molecule has 0 aliphatic rings. The molecule has 0 radical (unpaired) electrons. The van der Waals surface area contributed by atoms with Crippen LogP contribution in [0, 0.1) is 13.8 Å². The molecule has 0 N–H and O–H groups in total. The van der Waals surface area contributed by atoms with Gasteiger partial charge in [-0.1, -0.05) is 40.9 Å². The smallest absolute Gasteiger partial charge is 0.144 e. The van der Waals surface area contributed by atoms with Crippen molar-refractivity contribution in [3.63, 3.8) is 0 Å². The minimum absolute atomic E-state index is 0.421. The molecule has 27 heavy (non-hydrogen) atoms. The summed E-state index contributed by atoms with van der Waals surface area (Å²) in [5.41, 5.74) is 6.09. The van der Waals surface area contributed by atoms with Crippen molar-refractivity contribution < 1.29 is 0 Å². The zero-order chi connectivity index (χ0) is 19.1. The molecule has 0 fully saturated rings. The summed E-state index contributed by atoms with van der Waals surface area (Å²) in [6.45, 7) is 4.73. The zero-order valence-electron chi connectivity index (χ0n) is 14.8. The third-order valence-corrected chi connectivity index (χ3v) is 5.60. The Morgan fingerprint density at radius 1 is 0.963 bits per heavy atom. The lowest BCUT2D eigenvalue weighted by Crippen LogP contribution is -2.03. The second-order valence-corrected chi connectivity index (χ2v) is 7.73. The molecule has 0 aliphatic heterocycles. The first-order valence-electron chi connectivity index (χ1n) is 8.46. The van der Waals surface area contributed by atoms with E-state index in [4.69, 9.17) is 39.8 Å². The summed E-state index contributed by atoms with van der Waals surface area (Å²) in [6, 6.07) is 13.6. The monoisotopic (exact) mass is 415 g/mol. The van der Waals surface area contributed by atoms with Crippen LogP contribution in [-0.2, 0) is 6.54 Å². The molecule has 0 amide bonds. The lowest BCUT2D eigenvalue weighted by Gasteiger charge is -2.12. The number of nitrogens with zero attached hydrogens (tertiary/aromatic N) is 3. The summed E-state index contributed by atoms with van der Waals surface area (Å²) < 4.78 is 2.12. The van der Waals surface area contributed by atoms with Crippen molar-refractivity contribution in [3.8, 4) is 11.4 Å². The first-order chi connectivity index (χ1) is 12.9. The third kappa shape index (κ3) is 3.43. The largest absolute Gasteiger partial charge is 0.319 e. The average molecular weight is 417 g/mol. The number of aromatic nitrogens is 3. The van der Waals surface area contributed by atoms with Crippen molar-refractivity contribution in [2.24, 2.45) is 0 Å². The number of halogens is 3. The molecular weight excluding hydrogens is 401 g/mol. The maximum absolute atomic E-state index is 6.43. The Morgan fingerprint density at radius 2 is 1.74 bits per heavy atom. The topological polar surface area (TPSA) is 30.7 Å². The quantitative estimate of drug-likeness (QED) is 0.347. The molecule has 0 bridgehead atoms. The Hall–Kier alpha value is -2.07. The molecule has 0 saturated heterocycles. The highest BCUT2D eigenvalue weighted by atomic mass is 35.5. The van der Waals surface area contributed by atoms with E-state index in [1.54, 1.807) is 12.3 Å². The van der Waals surface area contributed by atoms with Crippen LogP contribution in [0.3, 0.4) is 0 Å². The predicted molar refractivity (Wildman–Crippen MR) is 113 cm³/mol. The first-order valence-corrected chi connectivity index (χ1v) is 9.59. The number of rotatable bonds is 3. The van der Waals surface area contributed by atoms with Gasteiger partial charge in [0.2, 0.25) is 0 Å².